The lowest BCUT2D eigenvalue weighted by molar-refractivity contribution is 0.0956. The van der Waals surface area contributed by atoms with E-state index in [4.69, 9.17) is 5.73 Å². The Bertz CT molecular complexity index is 437. The van der Waals surface area contributed by atoms with Gasteiger partial charge in [-0.1, -0.05) is 12.8 Å². The molecule has 1 aromatic rings. The Morgan fingerprint density at radius 1 is 1.26 bits per heavy atom. The second kappa shape index (κ2) is 6.45. The van der Waals surface area contributed by atoms with Gasteiger partial charge in [0.2, 0.25) is 0 Å². The molecule has 1 aliphatic rings. The molecular formula is C15H23N3O. The Hall–Kier alpha value is -1.71. The molecule has 0 spiro atoms. The Morgan fingerprint density at radius 3 is 2.53 bits per heavy atom. The molecule has 4 nitrogen and oxygen atoms in total. The number of nitrogen functional groups attached to an aromatic ring is 1. The van der Waals surface area contributed by atoms with Crippen molar-refractivity contribution in [1.29, 1.82) is 0 Å². The van der Waals surface area contributed by atoms with Crippen LogP contribution in [0.5, 0.6) is 0 Å². The fraction of sp³-hybridized carbons (Fsp3) is 0.533. The van der Waals surface area contributed by atoms with Gasteiger partial charge in [-0.2, -0.15) is 0 Å². The Morgan fingerprint density at radius 2 is 1.95 bits per heavy atom. The van der Waals surface area contributed by atoms with E-state index in [0.717, 1.165) is 18.8 Å². The largest absolute Gasteiger partial charge is 0.397 e. The van der Waals surface area contributed by atoms with Crippen LogP contribution in [-0.4, -0.2) is 25.5 Å². The van der Waals surface area contributed by atoms with Crippen LogP contribution in [0.2, 0.25) is 0 Å². The van der Waals surface area contributed by atoms with Crippen LogP contribution in [0.3, 0.4) is 0 Å². The van der Waals surface area contributed by atoms with Gasteiger partial charge in [-0.05, 0) is 38.0 Å². The highest BCUT2D eigenvalue weighted by molar-refractivity contribution is 5.96. The molecule has 0 bridgehead atoms. The molecule has 3 N–H and O–H groups in total. The van der Waals surface area contributed by atoms with Gasteiger partial charge in [0.25, 0.3) is 5.91 Å². The van der Waals surface area contributed by atoms with Gasteiger partial charge < -0.3 is 16.0 Å². The third kappa shape index (κ3) is 3.40. The summed E-state index contributed by atoms with van der Waals surface area (Å²) < 4.78 is 0. The van der Waals surface area contributed by atoms with Crippen LogP contribution in [0.15, 0.2) is 18.2 Å². The minimum absolute atomic E-state index is 0.0587. The number of benzene rings is 1. The first kappa shape index (κ1) is 13.7. The quantitative estimate of drug-likeness (QED) is 0.821. The number of hydrogen-bond donors (Lipinski definition) is 2. The number of rotatable bonds is 3. The van der Waals surface area contributed by atoms with Crippen LogP contribution >= 0.6 is 0 Å². The summed E-state index contributed by atoms with van der Waals surface area (Å²) in [4.78, 5) is 14.1. The highest BCUT2D eigenvalue weighted by Crippen LogP contribution is 2.26. The second-order valence-corrected chi connectivity index (χ2v) is 5.03. The second-order valence-electron chi connectivity index (χ2n) is 5.03. The minimum atomic E-state index is -0.0587. The van der Waals surface area contributed by atoms with Crippen molar-refractivity contribution in [1.82, 2.24) is 5.32 Å². The number of nitrogens with zero attached hydrogens (tertiary/aromatic N) is 1. The van der Waals surface area contributed by atoms with Gasteiger partial charge in [0.1, 0.15) is 0 Å². The summed E-state index contributed by atoms with van der Waals surface area (Å²) in [6.07, 6.45) is 5.04. The average Bonchev–Trinajstić information content (AvgIpc) is 2.67. The standard InChI is InChI=1S/C15H23N3O/c1-2-17-15(19)12-7-8-14(13(16)11-12)18-9-5-3-4-6-10-18/h7-8,11H,2-6,9-10,16H2,1H3,(H,17,19). The van der Waals surface area contributed by atoms with E-state index in [0.29, 0.717) is 17.8 Å². The molecule has 1 amide bonds. The fourth-order valence-corrected chi connectivity index (χ4v) is 2.56. The molecule has 19 heavy (non-hydrogen) atoms. The van der Waals surface area contributed by atoms with Crippen molar-refractivity contribution in [3.63, 3.8) is 0 Å². The first-order valence-electron chi connectivity index (χ1n) is 7.15. The molecule has 1 aliphatic heterocycles. The number of nitrogens with two attached hydrogens (primary N) is 1. The first-order chi connectivity index (χ1) is 9.22. The number of anilines is 2. The molecule has 0 radical (unpaired) electrons. The molecule has 1 saturated heterocycles. The Balaban J connectivity index is 2.16. The Kier molecular flexibility index (Phi) is 4.66. The number of amides is 1. The van der Waals surface area contributed by atoms with E-state index in [2.05, 4.69) is 10.2 Å². The molecule has 2 rings (SSSR count). The monoisotopic (exact) mass is 261 g/mol. The molecule has 1 aromatic carbocycles. The van der Waals surface area contributed by atoms with E-state index >= 15 is 0 Å². The van der Waals surface area contributed by atoms with Crippen LogP contribution in [0.1, 0.15) is 43.0 Å². The first-order valence-corrected chi connectivity index (χ1v) is 7.15. The van der Waals surface area contributed by atoms with E-state index in [1.54, 1.807) is 6.07 Å². The maximum absolute atomic E-state index is 11.8. The van der Waals surface area contributed by atoms with Gasteiger partial charge in [-0.25, -0.2) is 0 Å². The molecule has 0 aliphatic carbocycles. The summed E-state index contributed by atoms with van der Waals surface area (Å²) in [5, 5.41) is 2.79. The van der Waals surface area contributed by atoms with Crippen LogP contribution in [0, 0.1) is 0 Å². The zero-order chi connectivity index (χ0) is 13.7. The van der Waals surface area contributed by atoms with E-state index in [9.17, 15) is 4.79 Å². The SMILES string of the molecule is CCNC(=O)c1ccc(N2CCCCCC2)c(N)c1. The lowest BCUT2D eigenvalue weighted by Gasteiger charge is -2.24. The molecular weight excluding hydrogens is 238 g/mol. The van der Waals surface area contributed by atoms with Gasteiger partial charge in [0, 0.05) is 25.2 Å². The number of hydrogen-bond acceptors (Lipinski definition) is 3. The van der Waals surface area contributed by atoms with Crippen LogP contribution < -0.4 is 16.0 Å². The molecule has 0 unspecified atom stereocenters. The van der Waals surface area contributed by atoms with Gasteiger partial charge in [0.15, 0.2) is 0 Å². The van der Waals surface area contributed by atoms with E-state index in [-0.39, 0.29) is 5.91 Å². The van der Waals surface area contributed by atoms with Crippen LogP contribution in [0.25, 0.3) is 0 Å². The molecule has 4 heteroatoms. The van der Waals surface area contributed by atoms with E-state index in [1.807, 2.05) is 19.1 Å². The van der Waals surface area contributed by atoms with Crippen molar-refractivity contribution in [3.05, 3.63) is 23.8 Å². The third-order valence-corrected chi connectivity index (χ3v) is 3.57. The summed E-state index contributed by atoms with van der Waals surface area (Å²) >= 11 is 0. The van der Waals surface area contributed by atoms with Crippen molar-refractivity contribution < 1.29 is 4.79 Å². The van der Waals surface area contributed by atoms with Crippen LogP contribution in [-0.2, 0) is 0 Å². The van der Waals surface area contributed by atoms with Gasteiger partial charge >= 0.3 is 0 Å². The maximum atomic E-state index is 11.8. The van der Waals surface area contributed by atoms with E-state index < -0.39 is 0 Å². The van der Waals surface area contributed by atoms with Crippen molar-refractivity contribution in [2.24, 2.45) is 0 Å². The van der Waals surface area contributed by atoms with Crippen molar-refractivity contribution >= 4 is 17.3 Å². The predicted octanol–water partition coefficient (Wildman–Crippen LogP) is 2.40. The van der Waals surface area contributed by atoms with Crippen LogP contribution in [0.4, 0.5) is 11.4 Å². The third-order valence-electron chi connectivity index (χ3n) is 3.57. The van der Waals surface area contributed by atoms with Gasteiger partial charge in [-0.3, -0.25) is 4.79 Å². The number of nitrogens with one attached hydrogen (secondary N) is 1. The number of carbonyl (C=O) groups is 1. The predicted molar refractivity (Wildman–Crippen MR) is 79.5 cm³/mol. The normalized spacial score (nSPS) is 15.9. The highest BCUT2D eigenvalue weighted by atomic mass is 16.1. The lowest BCUT2D eigenvalue weighted by atomic mass is 10.1. The maximum Gasteiger partial charge on any atom is 0.251 e. The summed E-state index contributed by atoms with van der Waals surface area (Å²) in [5.74, 6) is -0.0587. The molecule has 104 valence electrons. The topological polar surface area (TPSA) is 58.4 Å². The van der Waals surface area contributed by atoms with Crippen molar-refractivity contribution in [2.75, 3.05) is 30.3 Å². The molecule has 1 heterocycles. The zero-order valence-electron chi connectivity index (χ0n) is 11.6. The van der Waals surface area contributed by atoms with E-state index in [1.165, 1.54) is 25.7 Å². The van der Waals surface area contributed by atoms with Gasteiger partial charge in [0.05, 0.1) is 11.4 Å². The van der Waals surface area contributed by atoms with Crippen molar-refractivity contribution in [3.8, 4) is 0 Å². The average molecular weight is 261 g/mol. The summed E-state index contributed by atoms with van der Waals surface area (Å²) in [6.45, 7) is 4.66. The lowest BCUT2D eigenvalue weighted by Crippen LogP contribution is -2.26. The Labute approximate surface area is 115 Å². The number of carbonyl (C=O) groups excluding carboxylic acids is 1. The fourth-order valence-electron chi connectivity index (χ4n) is 2.56. The summed E-state index contributed by atoms with van der Waals surface area (Å²) in [5.41, 5.74) is 8.52. The molecule has 0 aromatic heterocycles. The molecule has 0 atom stereocenters. The highest BCUT2D eigenvalue weighted by Gasteiger charge is 2.14. The minimum Gasteiger partial charge on any atom is -0.397 e. The smallest absolute Gasteiger partial charge is 0.251 e. The summed E-state index contributed by atoms with van der Waals surface area (Å²) in [7, 11) is 0. The van der Waals surface area contributed by atoms with Gasteiger partial charge in [-0.15, -0.1) is 0 Å². The molecule has 1 fully saturated rings. The molecule has 0 saturated carbocycles. The van der Waals surface area contributed by atoms with Crippen molar-refractivity contribution in [2.45, 2.75) is 32.6 Å². The zero-order valence-corrected chi connectivity index (χ0v) is 11.6. The summed E-state index contributed by atoms with van der Waals surface area (Å²) in [6, 6.07) is 5.62.